The number of thioether (sulfide) groups is 1. The maximum atomic E-state index is 10.9. The van der Waals surface area contributed by atoms with E-state index in [1.54, 1.807) is 30.0 Å². The second kappa shape index (κ2) is 7.18. The summed E-state index contributed by atoms with van der Waals surface area (Å²) in [6.07, 6.45) is 0. The van der Waals surface area contributed by atoms with Gasteiger partial charge in [-0.1, -0.05) is 12.1 Å². The number of hydrogen-bond acceptors (Lipinski definition) is 3. The molecule has 0 aliphatic heterocycles. The fourth-order valence-corrected chi connectivity index (χ4v) is 2.84. The Balaban J connectivity index is 1.84. The van der Waals surface area contributed by atoms with Crippen LogP contribution in [0.2, 0.25) is 0 Å². The van der Waals surface area contributed by atoms with Crippen LogP contribution in [-0.4, -0.2) is 23.4 Å². The smallest absolute Gasteiger partial charge is 0.335 e. The van der Waals surface area contributed by atoms with Crippen molar-refractivity contribution >= 4 is 17.7 Å². The molecule has 2 aromatic carbocycles. The van der Waals surface area contributed by atoms with Gasteiger partial charge < -0.3 is 9.84 Å². The Morgan fingerprint density at radius 3 is 2.52 bits per heavy atom. The molecular formula is C17H18O3S. The zero-order valence-electron chi connectivity index (χ0n) is 12.1. The van der Waals surface area contributed by atoms with Gasteiger partial charge in [0.2, 0.25) is 0 Å². The number of carboxylic acids is 1. The van der Waals surface area contributed by atoms with Crippen LogP contribution in [0, 0.1) is 13.8 Å². The molecule has 0 amide bonds. The standard InChI is InChI=1S/C17H18O3S/c1-12-8-13(2)10-15(9-12)20-6-7-21-16-5-3-4-14(11-16)17(18)19/h3-5,8-11H,6-7H2,1-2H3,(H,18,19). The number of carboxylic acid groups (broad SMARTS) is 1. The molecule has 0 aromatic heterocycles. The lowest BCUT2D eigenvalue weighted by atomic mass is 10.1. The van der Waals surface area contributed by atoms with Crippen molar-refractivity contribution < 1.29 is 14.6 Å². The number of ether oxygens (including phenoxy) is 1. The minimum absolute atomic E-state index is 0.315. The quantitative estimate of drug-likeness (QED) is 0.642. The van der Waals surface area contributed by atoms with E-state index in [1.807, 2.05) is 32.0 Å². The highest BCUT2D eigenvalue weighted by atomic mass is 32.2. The van der Waals surface area contributed by atoms with Crippen LogP contribution in [0.4, 0.5) is 0 Å². The Bertz CT molecular complexity index is 617. The lowest BCUT2D eigenvalue weighted by molar-refractivity contribution is 0.0696. The van der Waals surface area contributed by atoms with Crippen molar-refractivity contribution in [3.8, 4) is 5.75 Å². The third kappa shape index (κ3) is 4.83. The van der Waals surface area contributed by atoms with E-state index in [4.69, 9.17) is 9.84 Å². The number of hydrogen-bond donors (Lipinski definition) is 1. The van der Waals surface area contributed by atoms with Crippen LogP contribution < -0.4 is 4.74 Å². The molecule has 0 radical (unpaired) electrons. The van der Waals surface area contributed by atoms with Crippen molar-refractivity contribution in [1.82, 2.24) is 0 Å². The number of benzene rings is 2. The molecule has 1 N–H and O–H groups in total. The molecule has 4 heteroatoms. The monoisotopic (exact) mass is 302 g/mol. The van der Waals surface area contributed by atoms with Gasteiger partial charge in [-0.15, -0.1) is 11.8 Å². The summed E-state index contributed by atoms with van der Waals surface area (Å²) in [5, 5.41) is 8.95. The van der Waals surface area contributed by atoms with E-state index in [0.29, 0.717) is 12.2 Å². The highest BCUT2D eigenvalue weighted by Gasteiger charge is 2.03. The molecule has 2 rings (SSSR count). The Kier molecular flexibility index (Phi) is 5.28. The van der Waals surface area contributed by atoms with Crippen molar-refractivity contribution in [3.05, 3.63) is 59.2 Å². The Labute approximate surface area is 129 Å². The van der Waals surface area contributed by atoms with E-state index in [1.165, 1.54) is 11.1 Å². The number of rotatable bonds is 6. The Hall–Kier alpha value is -1.94. The third-order valence-corrected chi connectivity index (χ3v) is 3.86. The van der Waals surface area contributed by atoms with Crippen molar-refractivity contribution in [3.63, 3.8) is 0 Å². The van der Waals surface area contributed by atoms with E-state index < -0.39 is 5.97 Å². The van der Waals surface area contributed by atoms with Crippen LogP contribution in [0.5, 0.6) is 5.75 Å². The highest BCUT2D eigenvalue weighted by molar-refractivity contribution is 7.99. The van der Waals surface area contributed by atoms with Crippen molar-refractivity contribution in [2.75, 3.05) is 12.4 Å². The number of aromatic carboxylic acids is 1. The predicted octanol–water partition coefficient (Wildman–Crippen LogP) is 4.17. The van der Waals surface area contributed by atoms with Crippen molar-refractivity contribution in [2.24, 2.45) is 0 Å². The summed E-state index contributed by atoms with van der Waals surface area (Å²) < 4.78 is 5.73. The fourth-order valence-electron chi connectivity index (χ4n) is 2.05. The van der Waals surface area contributed by atoms with Gasteiger partial charge in [0.1, 0.15) is 5.75 Å². The molecule has 0 spiro atoms. The Morgan fingerprint density at radius 2 is 1.86 bits per heavy atom. The molecule has 0 fully saturated rings. The molecule has 0 aliphatic carbocycles. The third-order valence-electron chi connectivity index (χ3n) is 2.90. The van der Waals surface area contributed by atoms with Crippen molar-refractivity contribution in [2.45, 2.75) is 18.7 Å². The summed E-state index contributed by atoms with van der Waals surface area (Å²) >= 11 is 1.59. The molecule has 2 aromatic rings. The summed E-state index contributed by atoms with van der Waals surface area (Å²) in [5.74, 6) is 0.757. The largest absolute Gasteiger partial charge is 0.493 e. The predicted molar refractivity (Wildman–Crippen MR) is 85.5 cm³/mol. The SMILES string of the molecule is Cc1cc(C)cc(OCCSc2cccc(C(=O)O)c2)c1. The van der Waals surface area contributed by atoms with Crippen molar-refractivity contribution in [1.29, 1.82) is 0 Å². The lowest BCUT2D eigenvalue weighted by Gasteiger charge is -2.08. The molecule has 21 heavy (non-hydrogen) atoms. The molecule has 3 nitrogen and oxygen atoms in total. The summed E-state index contributed by atoms with van der Waals surface area (Å²) in [6, 6.07) is 13.1. The van der Waals surface area contributed by atoms with Crippen LogP contribution in [0.1, 0.15) is 21.5 Å². The molecule has 0 heterocycles. The molecule has 0 saturated heterocycles. The molecule has 0 saturated carbocycles. The van der Waals surface area contributed by atoms with Crippen LogP contribution in [0.3, 0.4) is 0 Å². The van der Waals surface area contributed by atoms with E-state index in [9.17, 15) is 4.79 Å². The van der Waals surface area contributed by atoms with Gasteiger partial charge in [-0.05, 0) is 55.3 Å². The first kappa shape index (κ1) is 15.4. The van der Waals surface area contributed by atoms with Gasteiger partial charge in [0.25, 0.3) is 0 Å². The minimum Gasteiger partial charge on any atom is -0.493 e. The number of carbonyl (C=O) groups is 1. The average Bonchev–Trinajstić information content (AvgIpc) is 2.43. The maximum Gasteiger partial charge on any atom is 0.335 e. The second-order valence-electron chi connectivity index (χ2n) is 4.85. The maximum absolute atomic E-state index is 10.9. The van der Waals surface area contributed by atoms with E-state index >= 15 is 0 Å². The van der Waals surface area contributed by atoms with Crippen LogP contribution in [0.25, 0.3) is 0 Å². The minimum atomic E-state index is -0.899. The second-order valence-corrected chi connectivity index (χ2v) is 6.02. The zero-order chi connectivity index (χ0) is 15.2. The van der Waals surface area contributed by atoms with Gasteiger partial charge in [0.15, 0.2) is 0 Å². The summed E-state index contributed by atoms with van der Waals surface area (Å²) in [6.45, 7) is 4.68. The van der Waals surface area contributed by atoms with Gasteiger partial charge in [0, 0.05) is 10.6 Å². The van der Waals surface area contributed by atoms with Gasteiger partial charge in [-0.2, -0.15) is 0 Å². The molecular weight excluding hydrogens is 284 g/mol. The average molecular weight is 302 g/mol. The van der Waals surface area contributed by atoms with Crippen LogP contribution >= 0.6 is 11.8 Å². The Morgan fingerprint density at radius 1 is 1.14 bits per heavy atom. The first-order valence-electron chi connectivity index (χ1n) is 6.72. The summed E-state index contributed by atoms with van der Waals surface area (Å²) in [4.78, 5) is 11.8. The van der Waals surface area contributed by atoms with Gasteiger partial charge in [-0.25, -0.2) is 4.79 Å². The fraction of sp³-hybridized carbons (Fsp3) is 0.235. The first-order chi connectivity index (χ1) is 10.0. The topological polar surface area (TPSA) is 46.5 Å². The van der Waals surface area contributed by atoms with Crippen LogP contribution in [-0.2, 0) is 0 Å². The van der Waals surface area contributed by atoms with Gasteiger partial charge >= 0.3 is 5.97 Å². The molecule has 0 unspecified atom stereocenters. The van der Waals surface area contributed by atoms with E-state index in [0.717, 1.165) is 16.4 Å². The van der Waals surface area contributed by atoms with E-state index in [2.05, 4.69) is 6.07 Å². The molecule has 0 bridgehead atoms. The van der Waals surface area contributed by atoms with Gasteiger partial charge in [-0.3, -0.25) is 0 Å². The lowest BCUT2D eigenvalue weighted by Crippen LogP contribution is -2.01. The summed E-state index contributed by atoms with van der Waals surface area (Å²) in [7, 11) is 0. The van der Waals surface area contributed by atoms with Crippen LogP contribution in [0.15, 0.2) is 47.4 Å². The zero-order valence-corrected chi connectivity index (χ0v) is 12.9. The van der Waals surface area contributed by atoms with Gasteiger partial charge in [0.05, 0.1) is 12.2 Å². The molecule has 110 valence electrons. The van der Waals surface area contributed by atoms with E-state index in [-0.39, 0.29) is 0 Å². The normalized spacial score (nSPS) is 10.4. The molecule has 0 atom stereocenters. The summed E-state index contributed by atoms with van der Waals surface area (Å²) in [5.41, 5.74) is 2.69. The highest BCUT2D eigenvalue weighted by Crippen LogP contribution is 2.20. The number of aryl methyl sites for hydroxylation is 2. The molecule has 0 aliphatic rings. The first-order valence-corrected chi connectivity index (χ1v) is 7.70.